The zero-order chi connectivity index (χ0) is 14.5. The van der Waals surface area contributed by atoms with Gasteiger partial charge in [0.15, 0.2) is 6.61 Å². The highest BCUT2D eigenvalue weighted by Crippen LogP contribution is 2.14. The van der Waals surface area contributed by atoms with Gasteiger partial charge in [0.05, 0.1) is 0 Å². The summed E-state index contributed by atoms with van der Waals surface area (Å²) < 4.78 is 5.51. The molecule has 1 aliphatic rings. The molecule has 1 heterocycles. The Hall–Kier alpha value is -1.75. The maximum Gasteiger partial charge on any atom is 0.260 e. The molecule has 1 fully saturated rings. The number of carbonyl (C=O) groups is 1. The minimum absolute atomic E-state index is 0.0494. The Morgan fingerprint density at radius 1 is 1.35 bits per heavy atom. The Bertz CT molecular complexity index is 447. The van der Waals surface area contributed by atoms with Crippen LogP contribution in [0, 0.1) is 0 Å². The number of amides is 1. The van der Waals surface area contributed by atoms with E-state index in [2.05, 4.69) is 18.9 Å². The standard InChI is InChI=1S/C15H23N3O2/c1-3-13-10-18(9-8-17(13)2)15(19)11-20-14-6-4-12(16)5-7-14/h4-7,13H,3,8-11,16H2,1-2H3. The molecule has 5 heteroatoms. The fraction of sp³-hybridized carbons (Fsp3) is 0.533. The van der Waals surface area contributed by atoms with Gasteiger partial charge in [0.2, 0.25) is 0 Å². The molecule has 5 nitrogen and oxygen atoms in total. The number of hydrogen-bond donors (Lipinski definition) is 1. The highest BCUT2D eigenvalue weighted by Gasteiger charge is 2.26. The summed E-state index contributed by atoms with van der Waals surface area (Å²) in [5, 5.41) is 0. The zero-order valence-electron chi connectivity index (χ0n) is 12.2. The monoisotopic (exact) mass is 277 g/mol. The van der Waals surface area contributed by atoms with Crippen LogP contribution in [0.2, 0.25) is 0 Å². The van der Waals surface area contributed by atoms with Crippen LogP contribution in [0.4, 0.5) is 5.69 Å². The van der Waals surface area contributed by atoms with Gasteiger partial charge in [0, 0.05) is 31.4 Å². The summed E-state index contributed by atoms with van der Waals surface area (Å²) in [5.41, 5.74) is 6.30. The second-order valence-corrected chi connectivity index (χ2v) is 5.24. The van der Waals surface area contributed by atoms with Crippen LogP contribution in [0.25, 0.3) is 0 Å². The van der Waals surface area contributed by atoms with E-state index in [9.17, 15) is 4.79 Å². The van der Waals surface area contributed by atoms with Crippen molar-refractivity contribution in [3.63, 3.8) is 0 Å². The van der Waals surface area contributed by atoms with E-state index in [0.29, 0.717) is 17.5 Å². The number of anilines is 1. The fourth-order valence-corrected chi connectivity index (χ4v) is 2.41. The molecule has 2 N–H and O–H groups in total. The molecular weight excluding hydrogens is 254 g/mol. The van der Waals surface area contributed by atoms with Crippen LogP contribution in [-0.2, 0) is 4.79 Å². The van der Waals surface area contributed by atoms with Crippen molar-refractivity contribution >= 4 is 11.6 Å². The maximum atomic E-state index is 12.2. The topological polar surface area (TPSA) is 58.8 Å². The third kappa shape index (κ3) is 3.63. The van der Waals surface area contributed by atoms with Gasteiger partial charge in [-0.2, -0.15) is 0 Å². The van der Waals surface area contributed by atoms with Crippen molar-refractivity contribution in [1.82, 2.24) is 9.80 Å². The molecule has 1 saturated heterocycles. The molecule has 20 heavy (non-hydrogen) atoms. The van der Waals surface area contributed by atoms with Crippen LogP contribution in [0.1, 0.15) is 13.3 Å². The van der Waals surface area contributed by atoms with Crippen molar-refractivity contribution in [3.8, 4) is 5.75 Å². The first-order chi connectivity index (χ1) is 9.60. The zero-order valence-corrected chi connectivity index (χ0v) is 12.2. The lowest BCUT2D eigenvalue weighted by Crippen LogP contribution is -2.53. The van der Waals surface area contributed by atoms with E-state index in [1.165, 1.54) is 0 Å². The Balaban J connectivity index is 1.84. The molecule has 1 aromatic carbocycles. The summed E-state index contributed by atoms with van der Waals surface area (Å²) in [6, 6.07) is 7.54. The summed E-state index contributed by atoms with van der Waals surface area (Å²) in [5.74, 6) is 0.724. The highest BCUT2D eigenvalue weighted by molar-refractivity contribution is 5.78. The molecular formula is C15H23N3O2. The van der Waals surface area contributed by atoms with Gasteiger partial charge in [0.25, 0.3) is 5.91 Å². The highest BCUT2D eigenvalue weighted by atomic mass is 16.5. The van der Waals surface area contributed by atoms with E-state index in [4.69, 9.17) is 10.5 Å². The van der Waals surface area contributed by atoms with Gasteiger partial charge in [-0.3, -0.25) is 9.69 Å². The molecule has 2 rings (SSSR count). The first-order valence-electron chi connectivity index (χ1n) is 7.06. The van der Waals surface area contributed by atoms with Gasteiger partial charge in [0.1, 0.15) is 5.75 Å². The Kier molecular flexibility index (Phi) is 4.84. The number of carbonyl (C=O) groups excluding carboxylic acids is 1. The van der Waals surface area contributed by atoms with Crippen LogP contribution in [-0.4, -0.2) is 55.0 Å². The van der Waals surface area contributed by atoms with E-state index in [1.807, 2.05) is 4.90 Å². The summed E-state index contributed by atoms with van der Waals surface area (Å²) in [6.07, 6.45) is 1.05. The number of rotatable bonds is 4. The number of likely N-dealkylation sites (N-methyl/N-ethyl adjacent to an activating group) is 1. The number of ether oxygens (including phenoxy) is 1. The molecule has 0 aromatic heterocycles. The first kappa shape index (κ1) is 14.7. The second-order valence-electron chi connectivity index (χ2n) is 5.24. The van der Waals surface area contributed by atoms with Gasteiger partial charge in [-0.05, 0) is 37.7 Å². The van der Waals surface area contributed by atoms with Crippen molar-refractivity contribution in [1.29, 1.82) is 0 Å². The first-order valence-corrected chi connectivity index (χ1v) is 7.06. The fourth-order valence-electron chi connectivity index (χ4n) is 2.41. The Morgan fingerprint density at radius 2 is 2.05 bits per heavy atom. The van der Waals surface area contributed by atoms with Crippen molar-refractivity contribution in [3.05, 3.63) is 24.3 Å². The number of hydrogen-bond acceptors (Lipinski definition) is 4. The van der Waals surface area contributed by atoms with Gasteiger partial charge in [-0.25, -0.2) is 0 Å². The van der Waals surface area contributed by atoms with E-state index in [-0.39, 0.29) is 12.5 Å². The van der Waals surface area contributed by atoms with Gasteiger partial charge < -0.3 is 15.4 Å². The Morgan fingerprint density at radius 3 is 2.70 bits per heavy atom. The summed E-state index contributed by atoms with van der Waals surface area (Å²) in [7, 11) is 2.11. The third-order valence-corrected chi connectivity index (χ3v) is 3.84. The van der Waals surface area contributed by atoms with Crippen LogP contribution in [0.15, 0.2) is 24.3 Å². The number of benzene rings is 1. The molecule has 1 aromatic rings. The molecule has 0 bridgehead atoms. The van der Waals surface area contributed by atoms with E-state index in [1.54, 1.807) is 24.3 Å². The molecule has 0 aliphatic carbocycles. The molecule has 1 aliphatic heterocycles. The number of nitrogen functional groups attached to an aromatic ring is 1. The smallest absolute Gasteiger partial charge is 0.260 e. The molecule has 110 valence electrons. The quantitative estimate of drug-likeness (QED) is 0.840. The molecule has 0 saturated carbocycles. The minimum Gasteiger partial charge on any atom is -0.484 e. The molecule has 1 unspecified atom stereocenters. The second kappa shape index (κ2) is 6.61. The predicted molar refractivity (Wildman–Crippen MR) is 79.6 cm³/mol. The van der Waals surface area contributed by atoms with Crippen LogP contribution in [0.3, 0.4) is 0 Å². The lowest BCUT2D eigenvalue weighted by atomic mass is 10.1. The number of piperazine rings is 1. The predicted octanol–water partition coefficient (Wildman–Crippen LogP) is 1.20. The van der Waals surface area contributed by atoms with E-state index in [0.717, 1.165) is 26.1 Å². The largest absolute Gasteiger partial charge is 0.484 e. The van der Waals surface area contributed by atoms with Gasteiger partial charge in [-0.1, -0.05) is 6.92 Å². The normalized spacial score (nSPS) is 19.9. The summed E-state index contributed by atoms with van der Waals surface area (Å²) in [6.45, 7) is 4.73. The average molecular weight is 277 g/mol. The molecule has 1 atom stereocenters. The van der Waals surface area contributed by atoms with Crippen molar-refractivity contribution < 1.29 is 9.53 Å². The number of nitrogens with two attached hydrogens (primary N) is 1. The van der Waals surface area contributed by atoms with Crippen LogP contribution in [0.5, 0.6) is 5.75 Å². The lowest BCUT2D eigenvalue weighted by molar-refractivity contribution is -0.136. The van der Waals surface area contributed by atoms with Gasteiger partial charge in [-0.15, -0.1) is 0 Å². The minimum atomic E-state index is 0.0494. The summed E-state index contributed by atoms with van der Waals surface area (Å²) >= 11 is 0. The molecule has 0 spiro atoms. The van der Waals surface area contributed by atoms with E-state index < -0.39 is 0 Å². The third-order valence-electron chi connectivity index (χ3n) is 3.84. The number of nitrogens with zero attached hydrogens (tertiary/aromatic N) is 2. The van der Waals surface area contributed by atoms with Gasteiger partial charge >= 0.3 is 0 Å². The van der Waals surface area contributed by atoms with Crippen molar-refractivity contribution in [2.45, 2.75) is 19.4 Å². The molecule has 0 radical (unpaired) electrons. The van der Waals surface area contributed by atoms with Crippen LogP contribution >= 0.6 is 0 Å². The van der Waals surface area contributed by atoms with Crippen molar-refractivity contribution in [2.75, 3.05) is 39.0 Å². The Labute approximate surface area is 120 Å². The average Bonchev–Trinajstić information content (AvgIpc) is 2.47. The summed E-state index contributed by atoms with van der Waals surface area (Å²) in [4.78, 5) is 16.4. The maximum absolute atomic E-state index is 12.2. The molecule has 1 amide bonds. The van der Waals surface area contributed by atoms with Crippen molar-refractivity contribution in [2.24, 2.45) is 0 Å². The SMILES string of the molecule is CCC1CN(C(=O)COc2ccc(N)cc2)CCN1C. The van der Waals surface area contributed by atoms with Crippen LogP contribution < -0.4 is 10.5 Å². The van der Waals surface area contributed by atoms with E-state index >= 15 is 0 Å². The lowest BCUT2D eigenvalue weighted by Gasteiger charge is -2.39.